The van der Waals surface area contributed by atoms with E-state index < -0.39 is 0 Å². The van der Waals surface area contributed by atoms with Gasteiger partial charge >= 0.3 is 0 Å². The number of ether oxygens (including phenoxy) is 3. The van der Waals surface area contributed by atoms with Crippen molar-refractivity contribution in [1.82, 2.24) is 20.1 Å². The van der Waals surface area contributed by atoms with Crippen LogP contribution in [0.5, 0.6) is 17.2 Å². The molecule has 1 amide bonds. The maximum atomic E-state index is 12.5. The quantitative estimate of drug-likeness (QED) is 0.334. The van der Waals surface area contributed by atoms with E-state index in [0.29, 0.717) is 34.8 Å². The molecule has 33 heavy (non-hydrogen) atoms. The van der Waals surface area contributed by atoms with Gasteiger partial charge in [0, 0.05) is 12.1 Å². The fourth-order valence-electron chi connectivity index (χ4n) is 3.35. The summed E-state index contributed by atoms with van der Waals surface area (Å²) in [6.45, 7) is 6.27. The zero-order chi connectivity index (χ0) is 23.8. The minimum atomic E-state index is -0.0844. The summed E-state index contributed by atoms with van der Waals surface area (Å²) >= 11 is 1.32. The lowest BCUT2D eigenvalue weighted by atomic mass is 10.1. The van der Waals surface area contributed by atoms with Gasteiger partial charge in [0.15, 0.2) is 22.5 Å². The molecular weight excluding hydrogens is 440 g/mol. The number of thioether (sulfide) groups is 1. The molecule has 1 N–H and O–H groups in total. The third kappa shape index (κ3) is 5.67. The predicted molar refractivity (Wildman–Crippen MR) is 129 cm³/mol. The molecule has 8 nitrogen and oxygen atoms in total. The number of carbonyl (C=O) groups excluding carboxylic acids is 1. The van der Waals surface area contributed by atoms with E-state index in [4.69, 9.17) is 14.2 Å². The van der Waals surface area contributed by atoms with Crippen LogP contribution >= 0.6 is 11.8 Å². The highest BCUT2D eigenvalue weighted by atomic mass is 32.2. The Balaban J connectivity index is 1.80. The van der Waals surface area contributed by atoms with Gasteiger partial charge in [-0.05, 0) is 24.6 Å². The number of benzene rings is 2. The van der Waals surface area contributed by atoms with Crippen LogP contribution in [0.15, 0.2) is 60.3 Å². The monoisotopic (exact) mass is 468 g/mol. The normalized spacial score (nSPS) is 11.5. The maximum Gasteiger partial charge on any atom is 0.230 e. The Kier molecular flexibility index (Phi) is 8.37. The summed E-state index contributed by atoms with van der Waals surface area (Å²) < 4.78 is 18.2. The highest BCUT2D eigenvalue weighted by molar-refractivity contribution is 7.99. The Morgan fingerprint density at radius 2 is 1.79 bits per heavy atom. The van der Waals surface area contributed by atoms with Crippen molar-refractivity contribution in [2.45, 2.75) is 24.7 Å². The molecule has 174 valence electrons. The number of amides is 1. The molecule has 3 rings (SSSR count). The average Bonchev–Trinajstić information content (AvgIpc) is 3.24. The van der Waals surface area contributed by atoms with Gasteiger partial charge in [0.05, 0.1) is 33.1 Å². The summed E-state index contributed by atoms with van der Waals surface area (Å²) in [4.78, 5) is 12.5. The lowest BCUT2D eigenvalue weighted by Gasteiger charge is -2.15. The molecule has 1 unspecified atom stereocenters. The van der Waals surface area contributed by atoms with Gasteiger partial charge < -0.3 is 19.5 Å². The van der Waals surface area contributed by atoms with Crippen LogP contribution in [0, 0.1) is 0 Å². The standard InChI is InChI=1S/C24H28N4O4S/c1-6-12-28-23(18-13-19(30-3)22(32-5)20(14-18)31-4)26-27-24(28)33-15-21(29)25-16(2)17-10-8-7-9-11-17/h6-11,13-14,16H,1,12,15H2,2-5H3,(H,25,29). The van der Waals surface area contributed by atoms with Gasteiger partial charge in [-0.25, -0.2) is 0 Å². The Morgan fingerprint density at radius 3 is 2.36 bits per heavy atom. The van der Waals surface area contributed by atoms with Gasteiger partial charge in [0.2, 0.25) is 11.7 Å². The van der Waals surface area contributed by atoms with Gasteiger partial charge in [-0.2, -0.15) is 0 Å². The Morgan fingerprint density at radius 1 is 1.12 bits per heavy atom. The van der Waals surface area contributed by atoms with Crippen molar-refractivity contribution in [3.8, 4) is 28.6 Å². The first-order valence-electron chi connectivity index (χ1n) is 10.3. The average molecular weight is 469 g/mol. The highest BCUT2D eigenvalue weighted by Crippen LogP contribution is 2.41. The van der Waals surface area contributed by atoms with Crippen molar-refractivity contribution in [3.05, 3.63) is 60.7 Å². The molecule has 0 spiro atoms. The van der Waals surface area contributed by atoms with Crippen molar-refractivity contribution in [2.24, 2.45) is 0 Å². The second-order valence-electron chi connectivity index (χ2n) is 7.11. The number of allylic oxidation sites excluding steroid dienone is 1. The number of aromatic nitrogens is 3. The summed E-state index contributed by atoms with van der Waals surface area (Å²) in [6.07, 6.45) is 1.76. The highest BCUT2D eigenvalue weighted by Gasteiger charge is 2.20. The molecule has 0 aliphatic carbocycles. The van der Waals surface area contributed by atoms with Gasteiger partial charge in [0.25, 0.3) is 0 Å². The van der Waals surface area contributed by atoms with Gasteiger partial charge in [0.1, 0.15) is 0 Å². The summed E-state index contributed by atoms with van der Waals surface area (Å²) in [7, 11) is 4.68. The van der Waals surface area contributed by atoms with Crippen LogP contribution in [0.4, 0.5) is 0 Å². The fraction of sp³-hybridized carbons (Fsp3) is 0.292. The zero-order valence-corrected chi connectivity index (χ0v) is 20.0. The summed E-state index contributed by atoms with van der Waals surface area (Å²) in [5, 5.41) is 12.3. The smallest absolute Gasteiger partial charge is 0.230 e. The van der Waals surface area contributed by atoms with Crippen LogP contribution in [0.2, 0.25) is 0 Å². The topological polar surface area (TPSA) is 87.5 Å². The molecule has 2 aromatic carbocycles. The number of hydrogen-bond acceptors (Lipinski definition) is 7. The zero-order valence-electron chi connectivity index (χ0n) is 19.2. The first kappa shape index (κ1) is 24.2. The van der Waals surface area contributed by atoms with E-state index in [-0.39, 0.29) is 17.7 Å². The molecule has 0 radical (unpaired) electrons. The molecule has 1 heterocycles. The molecule has 0 bridgehead atoms. The Bertz CT molecular complexity index is 1080. The second kappa shape index (κ2) is 11.4. The minimum absolute atomic E-state index is 0.0832. The molecular formula is C24H28N4O4S. The fourth-order valence-corrected chi connectivity index (χ4v) is 4.11. The number of carbonyl (C=O) groups is 1. The largest absolute Gasteiger partial charge is 0.493 e. The van der Waals surface area contributed by atoms with Crippen molar-refractivity contribution < 1.29 is 19.0 Å². The van der Waals surface area contributed by atoms with Crippen molar-refractivity contribution in [3.63, 3.8) is 0 Å². The summed E-state index contributed by atoms with van der Waals surface area (Å²) in [5.74, 6) is 2.26. The lowest BCUT2D eigenvalue weighted by Crippen LogP contribution is -2.28. The molecule has 0 fully saturated rings. The molecule has 3 aromatic rings. The third-order valence-electron chi connectivity index (χ3n) is 4.96. The van der Waals surface area contributed by atoms with Crippen LogP contribution in [0.1, 0.15) is 18.5 Å². The molecule has 0 aliphatic rings. The van der Waals surface area contributed by atoms with Crippen LogP contribution in [-0.2, 0) is 11.3 Å². The first-order valence-corrected chi connectivity index (χ1v) is 11.3. The molecule has 1 atom stereocenters. The summed E-state index contributed by atoms with van der Waals surface area (Å²) in [6, 6.07) is 13.4. The first-order chi connectivity index (χ1) is 16.0. The van der Waals surface area contributed by atoms with Gasteiger partial charge in [-0.15, -0.1) is 16.8 Å². The Labute approximate surface area is 198 Å². The van der Waals surface area contributed by atoms with E-state index in [1.54, 1.807) is 27.4 Å². The number of nitrogens with zero attached hydrogens (tertiary/aromatic N) is 3. The molecule has 1 aromatic heterocycles. The van der Waals surface area contributed by atoms with Crippen molar-refractivity contribution >= 4 is 17.7 Å². The third-order valence-corrected chi connectivity index (χ3v) is 5.93. The molecule has 0 aliphatic heterocycles. The number of methoxy groups -OCH3 is 3. The van der Waals surface area contributed by atoms with Crippen LogP contribution in [0.3, 0.4) is 0 Å². The van der Waals surface area contributed by atoms with Crippen LogP contribution in [0.25, 0.3) is 11.4 Å². The van der Waals surface area contributed by atoms with E-state index in [9.17, 15) is 4.79 Å². The van der Waals surface area contributed by atoms with Gasteiger partial charge in [-0.1, -0.05) is 48.2 Å². The van der Waals surface area contributed by atoms with Gasteiger partial charge in [-0.3, -0.25) is 9.36 Å². The second-order valence-corrected chi connectivity index (χ2v) is 8.05. The van der Waals surface area contributed by atoms with Crippen molar-refractivity contribution in [2.75, 3.05) is 27.1 Å². The number of nitrogens with one attached hydrogen (secondary N) is 1. The van der Waals surface area contributed by atoms with E-state index >= 15 is 0 Å². The lowest BCUT2D eigenvalue weighted by molar-refractivity contribution is -0.119. The van der Waals surface area contributed by atoms with E-state index in [0.717, 1.165) is 11.1 Å². The predicted octanol–water partition coefficient (Wildman–Crippen LogP) is 4.13. The summed E-state index contributed by atoms with van der Waals surface area (Å²) in [5.41, 5.74) is 1.79. The molecule has 0 saturated carbocycles. The SMILES string of the molecule is C=CCn1c(SCC(=O)NC(C)c2ccccc2)nnc1-c1cc(OC)c(OC)c(OC)c1. The number of hydrogen-bond donors (Lipinski definition) is 1. The van der Waals surface area contributed by atoms with E-state index in [1.807, 2.05) is 54.0 Å². The van der Waals surface area contributed by atoms with Crippen molar-refractivity contribution in [1.29, 1.82) is 0 Å². The van der Waals surface area contributed by atoms with Crippen LogP contribution in [-0.4, -0.2) is 47.8 Å². The van der Waals surface area contributed by atoms with Crippen LogP contribution < -0.4 is 19.5 Å². The molecule has 9 heteroatoms. The Hall–Kier alpha value is -3.46. The number of rotatable bonds is 11. The minimum Gasteiger partial charge on any atom is -0.493 e. The molecule has 0 saturated heterocycles. The maximum absolute atomic E-state index is 12.5. The van der Waals surface area contributed by atoms with E-state index in [1.165, 1.54) is 11.8 Å². The van der Waals surface area contributed by atoms with E-state index in [2.05, 4.69) is 22.1 Å².